The van der Waals surface area contributed by atoms with Gasteiger partial charge in [0, 0.05) is 30.9 Å². The summed E-state index contributed by atoms with van der Waals surface area (Å²) in [4.78, 5) is 18.8. The number of hydrogen-bond donors (Lipinski definition) is 1. The number of amides is 1. The van der Waals surface area contributed by atoms with Crippen LogP contribution >= 0.6 is 0 Å². The Hall–Kier alpha value is -2.80. The summed E-state index contributed by atoms with van der Waals surface area (Å²) >= 11 is 0. The molecule has 2 aromatic heterocycles. The first-order valence-corrected chi connectivity index (χ1v) is 9.86. The van der Waals surface area contributed by atoms with Gasteiger partial charge in [0.25, 0.3) is 0 Å². The number of rotatable bonds is 3. The van der Waals surface area contributed by atoms with Crippen LogP contribution in [0.4, 0.5) is 10.1 Å². The second-order valence-corrected chi connectivity index (χ2v) is 8.90. The number of carbonyl (C=O) groups excluding carboxylic acids is 1. The quantitative estimate of drug-likeness (QED) is 0.741. The van der Waals surface area contributed by atoms with Crippen LogP contribution in [0.25, 0.3) is 5.65 Å². The Bertz CT molecular complexity index is 1150. The molecule has 1 saturated carbocycles. The van der Waals surface area contributed by atoms with Gasteiger partial charge in [-0.25, -0.2) is 13.9 Å². The number of hydrogen-bond acceptors (Lipinski definition) is 4. The van der Waals surface area contributed by atoms with Gasteiger partial charge in [-0.15, -0.1) is 5.10 Å². The highest BCUT2D eigenvalue weighted by Crippen LogP contribution is 2.46. The van der Waals surface area contributed by atoms with Gasteiger partial charge >= 0.3 is 0 Å². The molecular weight excluding hydrogens is 371 g/mol. The molecule has 2 aliphatic rings. The molecular formula is C22H23FN4O2. The van der Waals surface area contributed by atoms with E-state index in [1.54, 1.807) is 24.0 Å². The summed E-state index contributed by atoms with van der Waals surface area (Å²) in [5, 5.41) is 15.3. The average molecular weight is 394 g/mol. The van der Waals surface area contributed by atoms with Gasteiger partial charge in [-0.1, -0.05) is 26.0 Å². The van der Waals surface area contributed by atoms with Crippen LogP contribution in [0, 0.1) is 5.82 Å². The molecule has 5 rings (SSSR count). The zero-order chi connectivity index (χ0) is 20.6. The number of anilines is 1. The molecule has 1 aliphatic heterocycles. The number of halogens is 1. The van der Waals surface area contributed by atoms with E-state index in [1.165, 1.54) is 12.1 Å². The van der Waals surface area contributed by atoms with Crippen LogP contribution in [0.2, 0.25) is 0 Å². The Labute approximate surface area is 168 Å². The van der Waals surface area contributed by atoms with Crippen LogP contribution in [-0.4, -0.2) is 32.2 Å². The van der Waals surface area contributed by atoms with Crippen LogP contribution in [-0.2, 0) is 22.2 Å². The maximum absolute atomic E-state index is 13.3. The number of nitrogens with zero attached hydrogens (tertiary/aromatic N) is 4. The second-order valence-electron chi connectivity index (χ2n) is 8.90. The zero-order valence-electron chi connectivity index (χ0n) is 16.7. The van der Waals surface area contributed by atoms with E-state index in [9.17, 15) is 14.3 Å². The minimum absolute atomic E-state index is 0.0231. The Balaban J connectivity index is 1.74. The molecule has 0 bridgehead atoms. The summed E-state index contributed by atoms with van der Waals surface area (Å²) in [6, 6.07) is 8.37. The maximum atomic E-state index is 13.3. The first-order chi connectivity index (χ1) is 13.7. The van der Waals surface area contributed by atoms with E-state index in [-0.39, 0.29) is 17.1 Å². The van der Waals surface area contributed by atoms with Gasteiger partial charge in [0.15, 0.2) is 11.5 Å². The second kappa shape index (κ2) is 5.86. The number of benzene rings is 1. The standard InChI is InChI=1S/C22H23FN4O2/c1-13(28)26-12-21(2,3)18-17(26)11-15(10-14-4-6-16(23)7-5-14)19-24-20(25-27(18)19)22(29)8-9-22/h4-7,11,29H,8-10,12H2,1-3H3. The molecule has 3 aromatic rings. The Morgan fingerprint density at radius 2 is 1.93 bits per heavy atom. The topological polar surface area (TPSA) is 70.7 Å². The highest BCUT2D eigenvalue weighted by molar-refractivity contribution is 5.95. The van der Waals surface area contributed by atoms with Crippen molar-refractivity contribution in [3.05, 3.63) is 58.8 Å². The lowest BCUT2D eigenvalue weighted by atomic mass is 9.90. The number of fused-ring (bicyclic) bond motifs is 3. The third-order valence-corrected chi connectivity index (χ3v) is 5.97. The molecule has 1 amide bonds. The van der Waals surface area contributed by atoms with Crippen molar-refractivity contribution in [3.8, 4) is 0 Å². The van der Waals surface area contributed by atoms with Gasteiger partial charge in [0.1, 0.15) is 11.4 Å². The Morgan fingerprint density at radius 3 is 2.55 bits per heavy atom. The molecule has 1 aliphatic carbocycles. The molecule has 0 spiro atoms. The van der Waals surface area contributed by atoms with E-state index >= 15 is 0 Å². The van der Waals surface area contributed by atoms with Gasteiger partial charge in [-0.3, -0.25) is 4.79 Å². The maximum Gasteiger partial charge on any atom is 0.223 e. The predicted molar refractivity (Wildman–Crippen MR) is 106 cm³/mol. The normalized spacial score (nSPS) is 18.9. The van der Waals surface area contributed by atoms with E-state index in [1.807, 2.05) is 10.6 Å². The molecule has 3 heterocycles. The van der Waals surface area contributed by atoms with Gasteiger partial charge < -0.3 is 10.0 Å². The summed E-state index contributed by atoms with van der Waals surface area (Å²) in [6.07, 6.45) is 1.84. The fourth-order valence-corrected chi connectivity index (χ4v) is 4.25. The van der Waals surface area contributed by atoms with Crippen molar-refractivity contribution in [2.75, 3.05) is 11.4 Å². The lowest BCUT2D eigenvalue weighted by Crippen LogP contribution is -2.32. The molecule has 7 heteroatoms. The molecule has 1 fully saturated rings. The van der Waals surface area contributed by atoms with E-state index in [4.69, 9.17) is 4.98 Å². The third-order valence-electron chi connectivity index (χ3n) is 5.97. The molecule has 0 saturated heterocycles. The number of aliphatic hydroxyl groups is 1. The van der Waals surface area contributed by atoms with E-state index in [0.29, 0.717) is 37.3 Å². The summed E-state index contributed by atoms with van der Waals surface area (Å²) in [6.45, 7) is 6.29. The number of pyridine rings is 1. The van der Waals surface area contributed by atoms with Crippen molar-refractivity contribution in [1.29, 1.82) is 0 Å². The van der Waals surface area contributed by atoms with Crippen molar-refractivity contribution >= 4 is 17.2 Å². The van der Waals surface area contributed by atoms with Gasteiger partial charge in [-0.2, -0.15) is 0 Å². The van der Waals surface area contributed by atoms with Gasteiger partial charge in [0.2, 0.25) is 5.91 Å². The van der Waals surface area contributed by atoms with Crippen molar-refractivity contribution in [2.45, 2.75) is 51.0 Å². The van der Waals surface area contributed by atoms with Gasteiger partial charge in [-0.05, 0) is 36.6 Å². The van der Waals surface area contributed by atoms with E-state index in [0.717, 1.165) is 22.5 Å². The minimum atomic E-state index is -0.949. The fourth-order valence-electron chi connectivity index (χ4n) is 4.25. The highest BCUT2D eigenvalue weighted by atomic mass is 19.1. The number of aromatic nitrogens is 3. The molecule has 29 heavy (non-hydrogen) atoms. The van der Waals surface area contributed by atoms with E-state index < -0.39 is 5.60 Å². The summed E-state index contributed by atoms with van der Waals surface area (Å²) in [7, 11) is 0. The van der Waals surface area contributed by atoms with Crippen LogP contribution < -0.4 is 4.90 Å². The Kier molecular flexibility index (Phi) is 3.68. The van der Waals surface area contributed by atoms with Crippen molar-refractivity contribution in [3.63, 3.8) is 0 Å². The van der Waals surface area contributed by atoms with Crippen LogP contribution in [0.15, 0.2) is 30.3 Å². The minimum Gasteiger partial charge on any atom is -0.382 e. The van der Waals surface area contributed by atoms with E-state index in [2.05, 4.69) is 18.9 Å². The molecule has 1 N–H and O–H groups in total. The monoisotopic (exact) mass is 394 g/mol. The first-order valence-electron chi connectivity index (χ1n) is 9.86. The SMILES string of the molecule is CC(=O)N1CC(C)(C)c2c1cc(Cc1ccc(F)cc1)c1nc(C3(O)CC3)nn21. The van der Waals surface area contributed by atoms with Crippen LogP contribution in [0.3, 0.4) is 0 Å². The third kappa shape index (κ3) is 2.83. The Morgan fingerprint density at radius 1 is 1.24 bits per heavy atom. The fraction of sp³-hybridized carbons (Fsp3) is 0.409. The molecule has 150 valence electrons. The molecule has 1 aromatic carbocycles. The summed E-state index contributed by atoms with van der Waals surface area (Å²) < 4.78 is 15.1. The molecule has 0 unspecified atom stereocenters. The summed E-state index contributed by atoms with van der Waals surface area (Å²) in [5.41, 5.74) is 3.01. The molecule has 0 atom stereocenters. The average Bonchev–Trinajstić information content (AvgIpc) is 3.13. The van der Waals surface area contributed by atoms with Crippen LogP contribution in [0.1, 0.15) is 56.3 Å². The number of carbonyl (C=O) groups is 1. The van der Waals surface area contributed by atoms with Crippen molar-refractivity contribution in [1.82, 2.24) is 14.6 Å². The van der Waals surface area contributed by atoms with Crippen molar-refractivity contribution < 1.29 is 14.3 Å². The molecule has 0 radical (unpaired) electrons. The molecule has 6 nitrogen and oxygen atoms in total. The first kappa shape index (κ1) is 18.2. The van der Waals surface area contributed by atoms with Gasteiger partial charge in [0.05, 0.1) is 11.4 Å². The zero-order valence-corrected chi connectivity index (χ0v) is 16.7. The van der Waals surface area contributed by atoms with Crippen LogP contribution in [0.5, 0.6) is 0 Å². The smallest absolute Gasteiger partial charge is 0.223 e. The highest BCUT2D eigenvalue weighted by Gasteiger charge is 2.47. The lowest BCUT2D eigenvalue weighted by Gasteiger charge is -2.19. The predicted octanol–water partition coefficient (Wildman–Crippen LogP) is 3.08. The van der Waals surface area contributed by atoms with Crippen molar-refractivity contribution in [2.24, 2.45) is 0 Å². The largest absolute Gasteiger partial charge is 0.382 e. The lowest BCUT2D eigenvalue weighted by molar-refractivity contribution is -0.116. The summed E-state index contributed by atoms with van der Waals surface area (Å²) in [5.74, 6) is 0.131.